The number of benzene rings is 4. The number of amides is 4. The van der Waals surface area contributed by atoms with Crippen LogP contribution in [0.15, 0.2) is 84.9 Å². The predicted molar refractivity (Wildman–Crippen MR) is 237 cm³/mol. The molecular weight excluding hydrogens is 808 g/mol. The summed E-state index contributed by atoms with van der Waals surface area (Å²) < 4.78 is 9.66. The van der Waals surface area contributed by atoms with E-state index in [0.29, 0.717) is 34.6 Å². The van der Waals surface area contributed by atoms with Gasteiger partial charge in [-0.3, -0.25) is 9.59 Å². The number of methoxy groups -OCH3 is 2. The lowest BCUT2D eigenvalue weighted by Gasteiger charge is -2.36. The minimum absolute atomic E-state index is 0.0237. The first-order chi connectivity index (χ1) is 30.0. The fourth-order valence-electron chi connectivity index (χ4n) is 9.16. The molecule has 62 heavy (non-hydrogen) atoms. The first-order valence-corrected chi connectivity index (χ1v) is 21.5. The number of alkyl carbamates (subject to hydrolysis) is 2. The first-order valence-electron chi connectivity index (χ1n) is 21.1. The molecule has 2 fully saturated rings. The molecule has 2 aromatic heterocycles. The lowest BCUT2D eigenvalue weighted by molar-refractivity contribution is -0.138. The number of H-pyrrole nitrogens is 2. The molecule has 4 N–H and O–H groups in total. The zero-order valence-corrected chi connectivity index (χ0v) is 36.2. The van der Waals surface area contributed by atoms with Gasteiger partial charge in [-0.25, -0.2) is 19.6 Å². The summed E-state index contributed by atoms with van der Waals surface area (Å²) in [6.07, 6.45) is 2.13. The number of fused-ring (bicyclic) bond motifs is 5. The maximum Gasteiger partial charge on any atom is 0.407 e. The average Bonchev–Trinajstić information content (AvgIpc) is 4.10. The van der Waals surface area contributed by atoms with Crippen molar-refractivity contribution >= 4 is 57.4 Å². The van der Waals surface area contributed by atoms with Gasteiger partial charge in [0.1, 0.15) is 34.6 Å². The summed E-state index contributed by atoms with van der Waals surface area (Å²) in [5.74, 6) is 0.951. The average molecular weight is 859 g/mol. The molecule has 6 aromatic rings. The molecule has 5 atom stereocenters. The van der Waals surface area contributed by atoms with E-state index >= 15 is 0 Å². The minimum Gasteiger partial charge on any atom is -0.453 e. The van der Waals surface area contributed by atoms with Gasteiger partial charge in [0, 0.05) is 23.5 Å². The normalized spacial score (nSPS) is 17.9. The van der Waals surface area contributed by atoms with Crippen molar-refractivity contribution in [2.75, 3.05) is 20.8 Å². The smallest absolute Gasteiger partial charge is 0.407 e. The van der Waals surface area contributed by atoms with E-state index in [0.717, 1.165) is 64.2 Å². The summed E-state index contributed by atoms with van der Waals surface area (Å²) in [4.78, 5) is 72.7. The van der Waals surface area contributed by atoms with Gasteiger partial charge in [-0.15, -0.1) is 0 Å². The first kappa shape index (κ1) is 42.3. The molecule has 2 bridgehead atoms. The highest BCUT2D eigenvalue weighted by atomic mass is 35.5. The van der Waals surface area contributed by atoms with E-state index in [2.05, 4.69) is 44.9 Å². The van der Waals surface area contributed by atoms with Gasteiger partial charge in [-0.05, 0) is 71.7 Å². The van der Waals surface area contributed by atoms with Crippen molar-refractivity contribution in [3.05, 3.63) is 107 Å². The van der Waals surface area contributed by atoms with Crippen molar-refractivity contribution < 1.29 is 28.7 Å². The van der Waals surface area contributed by atoms with Crippen LogP contribution < -0.4 is 10.6 Å². The van der Waals surface area contributed by atoms with Crippen LogP contribution in [0.5, 0.6) is 0 Å². The number of hydrogen-bond donors (Lipinski definition) is 4. The number of nitrogens with zero attached hydrogens (tertiary/aromatic N) is 4. The summed E-state index contributed by atoms with van der Waals surface area (Å²) in [5.41, 5.74) is 5.81. The largest absolute Gasteiger partial charge is 0.453 e. The number of hydrogen-bond acceptors (Lipinski definition) is 8. The van der Waals surface area contributed by atoms with Crippen molar-refractivity contribution in [1.82, 2.24) is 40.4 Å². The Kier molecular flexibility index (Phi) is 12.2. The quantitative estimate of drug-likeness (QED) is 0.0893. The van der Waals surface area contributed by atoms with Crippen LogP contribution in [-0.4, -0.2) is 86.6 Å². The maximum absolute atomic E-state index is 14.4. The molecule has 1 aliphatic heterocycles. The van der Waals surface area contributed by atoms with Gasteiger partial charge in [0.25, 0.3) is 5.91 Å². The second-order valence-corrected chi connectivity index (χ2v) is 16.8. The minimum atomic E-state index is -0.915. The van der Waals surface area contributed by atoms with Gasteiger partial charge in [0.2, 0.25) is 5.91 Å². The molecule has 0 spiro atoms. The van der Waals surface area contributed by atoms with E-state index in [1.807, 2.05) is 86.3 Å². The van der Waals surface area contributed by atoms with E-state index in [1.54, 1.807) is 4.90 Å². The third-order valence-corrected chi connectivity index (χ3v) is 12.4. The number of nitrogens with one attached hydrogen (secondary N) is 4. The number of carbonyl (C=O) groups is 4. The number of ether oxygens (including phenoxy) is 2. The van der Waals surface area contributed by atoms with Crippen LogP contribution in [0.1, 0.15) is 75.8 Å². The van der Waals surface area contributed by atoms with Gasteiger partial charge in [-0.1, -0.05) is 105 Å². The second-order valence-electron chi connectivity index (χ2n) is 16.5. The lowest BCUT2D eigenvalue weighted by atomic mass is 9.96. The third-order valence-electron chi connectivity index (χ3n) is 12.2. The number of aromatic amines is 2. The fourth-order valence-corrected chi connectivity index (χ4v) is 9.41. The number of imidazole rings is 2. The van der Waals surface area contributed by atoms with Crippen LogP contribution in [0.2, 0.25) is 5.15 Å². The molecule has 3 heterocycles. The maximum atomic E-state index is 14.4. The number of likely N-dealkylation sites (tertiary alicyclic amines) is 1. The highest BCUT2D eigenvalue weighted by Crippen LogP contribution is 2.51. The summed E-state index contributed by atoms with van der Waals surface area (Å²) in [7, 11) is 2.57. The molecule has 1 saturated heterocycles. The van der Waals surface area contributed by atoms with E-state index in [-0.39, 0.29) is 42.3 Å². The van der Waals surface area contributed by atoms with Gasteiger partial charge < -0.3 is 39.9 Å². The van der Waals surface area contributed by atoms with Crippen molar-refractivity contribution in [2.24, 2.45) is 11.8 Å². The zero-order chi connectivity index (χ0) is 43.7. The van der Waals surface area contributed by atoms with Crippen molar-refractivity contribution in [1.29, 1.82) is 0 Å². The Bertz CT molecular complexity index is 2610. The summed E-state index contributed by atoms with van der Waals surface area (Å²) in [6, 6.07) is 25.7. The number of aromatic nitrogens is 4. The molecule has 0 radical (unpaired) electrons. The Labute approximate surface area is 364 Å². The standard InChI is InChI=1S/C47H51ClN8O6/c1-6-22-55(44(57)37(26(2)3)52-46(59)61-4)25-36-49-35-21-18-31-23-30(17-20-34(31)40(35)50-36)27-12-14-29(15-13-27)38-42(48)54-43(51-38)41-32-16-19-33(24-32)56(41)45(58)39(53-47(60)62-5)28-10-8-7-9-11-28/h7-15,17-18,20-21,23,26,32-33,37,39,41H,6,16,19,22,24-25H2,1-5H3,(H,49,50)(H,51,54)(H,52,59)(H,53,60)/t32-,33+,37-,39+,41-/m0/s1. The van der Waals surface area contributed by atoms with Crippen LogP contribution in [0.4, 0.5) is 9.59 Å². The molecule has 1 aliphatic carbocycles. The molecule has 15 heteroatoms. The highest BCUT2D eigenvalue weighted by molar-refractivity contribution is 6.32. The molecule has 0 unspecified atom stereocenters. The van der Waals surface area contributed by atoms with Crippen LogP contribution in [0.3, 0.4) is 0 Å². The zero-order valence-electron chi connectivity index (χ0n) is 35.4. The third kappa shape index (κ3) is 8.31. The van der Waals surface area contributed by atoms with Gasteiger partial charge in [0.05, 0.1) is 37.8 Å². The monoisotopic (exact) mass is 858 g/mol. The molecule has 2 aliphatic rings. The Balaban J connectivity index is 1.01. The van der Waals surface area contributed by atoms with Crippen molar-refractivity contribution in [3.8, 4) is 22.4 Å². The van der Waals surface area contributed by atoms with Gasteiger partial charge in [0.15, 0.2) is 0 Å². The van der Waals surface area contributed by atoms with Crippen LogP contribution >= 0.6 is 11.6 Å². The SMILES string of the molecule is CCCN(Cc1nc2c(ccc3cc(-c4ccc(-c5nc([C@@H]6[C@H]7CC[C@H](C7)N6C(=O)[C@H](NC(=O)OC)c6ccccc6)[nH]c5Cl)cc4)ccc32)[nH]1)C(=O)[C@@H](NC(=O)OC)C(C)C. The predicted octanol–water partition coefficient (Wildman–Crippen LogP) is 8.70. The van der Waals surface area contributed by atoms with E-state index < -0.39 is 24.3 Å². The summed E-state index contributed by atoms with van der Waals surface area (Å²) in [5, 5.41) is 7.83. The summed E-state index contributed by atoms with van der Waals surface area (Å²) in [6.45, 7) is 6.56. The van der Waals surface area contributed by atoms with E-state index in [1.165, 1.54) is 14.2 Å². The number of rotatable bonds is 13. The van der Waals surface area contributed by atoms with Gasteiger partial charge >= 0.3 is 12.2 Å². The Morgan fingerprint density at radius 3 is 2.29 bits per heavy atom. The Hall–Kier alpha value is -6.41. The number of piperidine rings is 1. The van der Waals surface area contributed by atoms with Crippen LogP contribution in [0.25, 0.3) is 44.2 Å². The van der Waals surface area contributed by atoms with Gasteiger partial charge in [-0.2, -0.15) is 0 Å². The fraction of sp³-hybridized carbons (Fsp3) is 0.362. The van der Waals surface area contributed by atoms with Crippen LogP contribution in [-0.2, 0) is 25.6 Å². The summed E-state index contributed by atoms with van der Waals surface area (Å²) >= 11 is 6.87. The number of carbonyl (C=O) groups excluding carboxylic acids is 4. The van der Waals surface area contributed by atoms with Crippen LogP contribution in [0, 0.1) is 11.8 Å². The van der Waals surface area contributed by atoms with E-state index in [9.17, 15) is 19.2 Å². The number of halogens is 1. The molecule has 322 valence electrons. The topological polar surface area (TPSA) is 175 Å². The molecule has 14 nitrogen and oxygen atoms in total. The molecule has 4 aromatic carbocycles. The van der Waals surface area contributed by atoms with E-state index in [4.69, 9.17) is 31.0 Å². The molecule has 8 rings (SSSR count). The van der Waals surface area contributed by atoms with Crippen molar-refractivity contribution in [3.63, 3.8) is 0 Å². The van der Waals surface area contributed by atoms with Crippen molar-refractivity contribution in [2.45, 2.75) is 77.2 Å². The second kappa shape index (κ2) is 17.9. The Morgan fingerprint density at radius 2 is 1.58 bits per heavy atom. The molecule has 4 amide bonds. The molecule has 1 saturated carbocycles. The Morgan fingerprint density at radius 1 is 0.871 bits per heavy atom. The molecular formula is C47H51ClN8O6. The highest BCUT2D eigenvalue weighted by Gasteiger charge is 2.51. The lowest BCUT2D eigenvalue weighted by Crippen LogP contribution is -2.51.